The van der Waals surface area contributed by atoms with E-state index in [0.717, 1.165) is 19.3 Å². The van der Waals surface area contributed by atoms with Crippen molar-refractivity contribution in [3.63, 3.8) is 0 Å². The standard InChI is InChI=1S/C12H24N2O2/c1-3-9(2)11(15)8-13-12(16)14-10-6-4-5-7-10/h9-11,15H,3-8H2,1-2H3,(H2,13,14,16). The minimum absolute atomic E-state index is 0.144. The van der Waals surface area contributed by atoms with Gasteiger partial charge in [0, 0.05) is 12.6 Å². The molecule has 0 spiro atoms. The molecular weight excluding hydrogens is 204 g/mol. The molecule has 0 radical (unpaired) electrons. The number of carbonyl (C=O) groups is 1. The summed E-state index contributed by atoms with van der Waals surface area (Å²) < 4.78 is 0. The Morgan fingerprint density at radius 2 is 2.06 bits per heavy atom. The second-order valence-electron chi connectivity index (χ2n) is 4.79. The Balaban J connectivity index is 2.14. The minimum Gasteiger partial charge on any atom is -0.391 e. The summed E-state index contributed by atoms with van der Waals surface area (Å²) in [5.74, 6) is 0.229. The van der Waals surface area contributed by atoms with Crippen LogP contribution < -0.4 is 10.6 Å². The molecule has 2 atom stereocenters. The highest BCUT2D eigenvalue weighted by atomic mass is 16.3. The SMILES string of the molecule is CCC(C)C(O)CNC(=O)NC1CCCC1. The zero-order valence-corrected chi connectivity index (χ0v) is 10.3. The smallest absolute Gasteiger partial charge is 0.315 e. The molecule has 0 aromatic carbocycles. The van der Waals surface area contributed by atoms with Gasteiger partial charge in [-0.2, -0.15) is 0 Å². The molecule has 1 aliphatic carbocycles. The summed E-state index contributed by atoms with van der Waals surface area (Å²) in [5, 5.41) is 15.3. The molecule has 0 heterocycles. The number of urea groups is 1. The summed E-state index contributed by atoms with van der Waals surface area (Å²) in [6.07, 6.45) is 5.07. The molecule has 1 fully saturated rings. The van der Waals surface area contributed by atoms with Crippen LogP contribution in [-0.2, 0) is 0 Å². The van der Waals surface area contributed by atoms with Crippen LogP contribution in [0.2, 0.25) is 0 Å². The van der Waals surface area contributed by atoms with Gasteiger partial charge in [-0.15, -0.1) is 0 Å². The molecule has 0 aliphatic heterocycles. The van der Waals surface area contributed by atoms with E-state index in [1.54, 1.807) is 0 Å². The van der Waals surface area contributed by atoms with Gasteiger partial charge < -0.3 is 15.7 Å². The Kier molecular flexibility index (Phi) is 5.60. The van der Waals surface area contributed by atoms with Crippen molar-refractivity contribution in [2.24, 2.45) is 5.92 Å². The molecule has 0 aromatic heterocycles. The maximum Gasteiger partial charge on any atom is 0.315 e. The molecule has 0 bridgehead atoms. The van der Waals surface area contributed by atoms with Crippen molar-refractivity contribution in [3.8, 4) is 0 Å². The van der Waals surface area contributed by atoms with Crippen LogP contribution >= 0.6 is 0 Å². The van der Waals surface area contributed by atoms with Gasteiger partial charge in [-0.1, -0.05) is 33.1 Å². The Morgan fingerprint density at radius 1 is 1.44 bits per heavy atom. The third-order valence-corrected chi connectivity index (χ3v) is 3.46. The zero-order chi connectivity index (χ0) is 12.0. The first-order valence-corrected chi connectivity index (χ1v) is 6.36. The molecule has 94 valence electrons. The Bertz CT molecular complexity index is 215. The molecular formula is C12H24N2O2. The highest BCUT2D eigenvalue weighted by Crippen LogP contribution is 2.17. The number of carbonyl (C=O) groups excluding carboxylic acids is 1. The number of aliphatic hydroxyl groups is 1. The van der Waals surface area contributed by atoms with Crippen LogP contribution in [0.3, 0.4) is 0 Å². The van der Waals surface area contributed by atoms with E-state index < -0.39 is 6.10 Å². The fourth-order valence-corrected chi connectivity index (χ4v) is 1.98. The van der Waals surface area contributed by atoms with Gasteiger partial charge in [0.2, 0.25) is 0 Å². The first-order valence-electron chi connectivity index (χ1n) is 6.36. The quantitative estimate of drug-likeness (QED) is 0.670. The first-order chi connectivity index (χ1) is 7.63. The zero-order valence-electron chi connectivity index (χ0n) is 10.3. The van der Waals surface area contributed by atoms with Gasteiger partial charge >= 0.3 is 6.03 Å². The second kappa shape index (κ2) is 6.74. The first kappa shape index (κ1) is 13.3. The highest BCUT2D eigenvalue weighted by Gasteiger charge is 2.18. The molecule has 0 aromatic rings. The Morgan fingerprint density at radius 3 is 2.62 bits per heavy atom. The molecule has 1 saturated carbocycles. The highest BCUT2D eigenvalue weighted by molar-refractivity contribution is 5.74. The number of nitrogens with one attached hydrogen (secondary N) is 2. The van der Waals surface area contributed by atoms with Gasteiger partial charge in [-0.25, -0.2) is 4.79 Å². The van der Waals surface area contributed by atoms with E-state index in [4.69, 9.17) is 0 Å². The fraction of sp³-hybridized carbons (Fsp3) is 0.917. The van der Waals surface area contributed by atoms with Crippen LogP contribution in [0.5, 0.6) is 0 Å². The summed E-state index contributed by atoms with van der Waals surface area (Å²) >= 11 is 0. The predicted molar refractivity (Wildman–Crippen MR) is 64.3 cm³/mol. The average Bonchev–Trinajstić information content (AvgIpc) is 2.77. The van der Waals surface area contributed by atoms with Crippen LogP contribution in [0, 0.1) is 5.92 Å². The lowest BCUT2D eigenvalue weighted by Crippen LogP contribution is -2.44. The number of amides is 2. The third-order valence-electron chi connectivity index (χ3n) is 3.46. The van der Waals surface area contributed by atoms with Crippen molar-refractivity contribution in [2.45, 2.75) is 58.1 Å². The summed E-state index contributed by atoms with van der Waals surface area (Å²) in [6, 6.07) is 0.190. The van der Waals surface area contributed by atoms with Crippen molar-refractivity contribution in [1.29, 1.82) is 0 Å². The maximum atomic E-state index is 11.5. The summed E-state index contributed by atoms with van der Waals surface area (Å²) in [4.78, 5) is 11.5. The van der Waals surface area contributed by atoms with Crippen LogP contribution in [0.4, 0.5) is 4.79 Å². The molecule has 1 aliphatic rings. The topological polar surface area (TPSA) is 61.4 Å². The molecule has 4 nitrogen and oxygen atoms in total. The van der Waals surface area contributed by atoms with Crippen LogP contribution in [-0.4, -0.2) is 29.8 Å². The van der Waals surface area contributed by atoms with E-state index in [-0.39, 0.29) is 11.9 Å². The predicted octanol–water partition coefficient (Wildman–Crippen LogP) is 1.64. The molecule has 2 amide bonds. The van der Waals surface area contributed by atoms with Crippen LogP contribution in [0.25, 0.3) is 0 Å². The van der Waals surface area contributed by atoms with Crippen molar-refractivity contribution in [3.05, 3.63) is 0 Å². The minimum atomic E-state index is -0.445. The van der Waals surface area contributed by atoms with Crippen LogP contribution in [0.15, 0.2) is 0 Å². The normalized spacial score (nSPS) is 20.4. The van der Waals surface area contributed by atoms with E-state index >= 15 is 0 Å². The molecule has 4 heteroatoms. The molecule has 3 N–H and O–H groups in total. The van der Waals surface area contributed by atoms with E-state index in [2.05, 4.69) is 10.6 Å². The summed E-state index contributed by atoms with van der Waals surface area (Å²) in [5.41, 5.74) is 0. The molecule has 16 heavy (non-hydrogen) atoms. The van der Waals surface area contributed by atoms with Crippen LogP contribution in [0.1, 0.15) is 46.0 Å². The molecule has 2 unspecified atom stereocenters. The number of hydrogen-bond acceptors (Lipinski definition) is 2. The van der Waals surface area contributed by atoms with Crippen molar-refractivity contribution in [1.82, 2.24) is 10.6 Å². The second-order valence-corrected chi connectivity index (χ2v) is 4.79. The lowest BCUT2D eigenvalue weighted by molar-refractivity contribution is 0.114. The lowest BCUT2D eigenvalue weighted by Gasteiger charge is -2.19. The van der Waals surface area contributed by atoms with Gasteiger partial charge in [-0.05, 0) is 18.8 Å². The third kappa shape index (κ3) is 4.39. The monoisotopic (exact) mass is 228 g/mol. The number of rotatable bonds is 5. The van der Waals surface area contributed by atoms with E-state index in [1.807, 2.05) is 13.8 Å². The fourth-order valence-electron chi connectivity index (χ4n) is 1.98. The van der Waals surface area contributed by atoms with E-state index in [9.17, 15) is 9.90 Å². The average molecular weight is 228 g/mol. The number of aliphatic hydroxyl groups excluding tert-OH is 1. The van der Waals surface area contributed by atoms with Gasteiger partial charge in [0.25, 0.3) is 0 Å². The molecule has 0 saturated heterocycles. The van der Waals surface area contributed by atoms with E-state index in [0.29, 0.717) is 12.6 Å². The van der Waals surface area contributed by atoms with Gasteiger partial charge in [-0.3, -0.25) is 0 Å². The van der Waals surface area contributed by atoms with Gasteiger partial charge in [0.1, 0.15) is 0 Å². The maximum absolute atomic E-state index is 11.5. The summed E-state index contributed by atoms with van der Waals surface area (Å²) in [6.45, 7) is 4.36. The Labute approximate surface area is 97.8 Å². The van der Waals surface area contributed by atoms with Gasteiger partial charge in [0.05, 0.1) is 6.10 Å². The molecule has 1 rings (SSSR count). The summed E-state index contributed by atoms with van der Waals surface area (Å²) in [7, 11) is 0. The van der Waals surface area contributed by atoms with Crippen molar-refractivity contribution in [2.75, 3.05) is 6.54 Å². The van der Waals surface area contributed by atoms with E-state index in [1.165, 1.54) is 12.8 Å². The van der Waals surface area contributed by atoms with Crippen molar-refractivity contribution >= 4 is 6.03 Å². The number of hydrogen-bond donors (Lipinski definition) is 3. The van der Waals surface area contributed by atoms with Gasteiger partial charge in [0.15, 0.2) is 0 Å². The Hall–Kier alpha value is -0.770. The lowest BCUT2D eigenvalue weighted by atomic mass is 10.0. The van der Waals surface area contributed by atoms with Crippen molar-refractivity contribution < 1.29 is 9.90 Å². The largest absolute Gasteiger partial charge is 0.391 e.